The Kier molecular flexibility index (Phi) is 3.66. The van der Waals surface area contributed by atoms with E-state index in [-0.39, 0.29) is 24.3 Å². The van der Waals surface area contributed by atoms with E-state index in [1.54, 1.807) is 6.20 Å². The Morgan fingerprint density at radius 1 is 1.29 bits per heavy atom. The maximum Gasteiger partial charge on any atom is 0.246 e. The molecule has 0 spiro atoms. The highest BCUT2D eigenvalue weighted by atomic mass is 16.2. The van der Waals surface area contributed by atoms with Crippen molar-refractivity contribution in [1.82, 2.24) is 15.2 Å². The number of hydrogen-bond acceptors (Lipinski definition) is 4. The summed E-state index contributed by atoms with van der Waals surface area (Å²) in [6.45, 7) is 0.646. The fraction of sp³-hybridized carbons (Fsp3) is 0.312. The van der Waals surface area contributed by atoms with Crippen LogP contribution in [-0.2, 0) is 16.0 Å². The van der Waals surface area contributed by atoms with E-state index in [1.807, 2.05) is 30.3 Å². The number of amides is 2. The zero-order valence-electron chi connectivity index (χ0n) is 11.9. The zero-order valence-corrected chi connectivity index (χ0v) is 11.9. The molecule has 3 rings (SSSR count). The largest absolute Gasteiger partial charge is 0.305 e. The van der Waals surface area contributed by atoms with E-state index >= 15 is 0 Å². The molecule has 0 aliphatic carbocycles. The number of para-hydroxylation sites is 1. The molecule has 108 valence electrons. The summed E-state index contributed by atoms with van der Waals surface area (Å²) >= 11 is 0. The highest BCUT2D eigenvalue weighted by molar-refractivity contribution is 6.05. The molecule has 2 aromatic rings. The van der Waals surface area contributed by atoms with Crippen LogP contribution in [0.5, 0.6) is 0 Å². The predicted octanol–water partition coefficient (Wildman–Crippen LogP) is 1.12. The lowest BCUT2D eigenvalue weighted by Gasteiger charge is -2.11. The molecule has 1 N–H and O–H groups in total. The summed E-state index contributed by atoms with van der Waals surface area (Å²) in [5.41, 5.74) is 2.14. The number of pyridine rings is 1. The fourth-order valence-electron chi connectivity index (χ4n) is 2.67. The molecule has 5 nitrogen and oxygen atoms in total. The third-order valence-electron chi connectivity index (χ3n) is 3.88. The van der Waals surface area contributed by atoms with Crippen molar-refractivity contribution >= 4 is 22.7 Å². The van der Waals surface area contributed by atoms with Crippen molar-refractivity contribution in [3.05, 3.63) is 42.1 Å². The van der Waals surface area contributed by atoms with Crippen LogP contribution in [0, 0.1) is 0 Å². The van der Waals surface area contributed by atoms with Gasteiger partial charge in [0, 0.05) is 25.2 Å². The van der Waals surface area contributed by atoms with Gasteiger partial charge in [-0.05, 0) is 18.1 Å². The zero-order chi connectivity index (χ0) is 14.8. The molecular weight excluding hydrogens is 266 g/mol. The monoisotopic (exact) mass is 283 g/mol. The number of likely N-dealkylation sites (N-methyl/N-ethyl adjacent to an activating group) is 1. The summed E-state index contributed by atoms with van der Waals surface area (Å²) < 4.78 is 0. The first-order chi connectivity index (χ1) is 10.2. The van der Waals surface area contributed by atoms with E-state index < -0.39 is 0 Å². The fourth-order valence-corrected chi connectivity index (χ4v) is 2.67. The SMILES string of the molecule is CN1C(=O)CC(NCCc2cccc3cccnc23)C1=O. The van der Waals surface area contributed by atoms with Gasteiger partial charge >= 0.3 is 0 Å². The highest BCUT2D eigenvalue weighted by Gasteiger charge is 2.35. The Labute approximate surface area is 123 Å². The van der Waals surface area contributed by atoms with E-state index in [1.165, 1.54) is 11.9 Å². The first-order valence-electron chi connectivity index (χ1n) is 7.03. The molecule has 1 unspecified atom stereocenters. The number of benzene rings is 1. The molecule has 0 radical (unpaired) electrons. The molecule has 5 heteroatoms. The number of imide groups is 1. The van der Waals surface area contributed by atoms with Crippen LogP contribution < -0.4 is 5.32 Å². The number of likely N-dealkylation sites (tertiary alicyclic amines) is 1. The molecule has 0 saturated carbocycles. The number of nitrogens with one attached hydrogen (secondary N) is 1. The van der Waals surface area contributed by atoms with Crippen LogP contribution in [0.3, 0.4) is 0 Å². The number of nitrogens with zero attached hydrogens (tertiary/aromatic N) is 2. The average Bonchev–Trinajstić information content (AvgIpc) is 2.75. The van der Waals surface area contributed by atoms with Gasteiger partial charge in [-0.2, -0.15) is 0 Å². The molecule has 1 aliphatic rings. The van der Waals surface area contributed by atoms with E-state index in [9.17, 15) is 9.59 Å². The summed E-state index contributed by atoms with van der Waals surface area (Å²) in [5, 5.41) is 4.28. The van der Waals surface area contributed by atoms with Gasteiger partial charge in [0.15, 0.2) is 0 Å². The molecular formula is C16H17N3O2. The summed E-state index contributed by atoms with van der Waals surface area (Å²) in [5.74, 6) is -0.264. The molecule has 0 bridgehead atoms. The normalized spacial score (nSPS) is 18.7. The molecule has 1 atom stereocenters. The van der Waals surface area contributed by atoms with Crippen LogP contribution in [0.1, 0.15) is 12.0 Å². The molecule has 1 saturated heterocycles. The van der Waals surface area contributed by atoms with Gasteiger partial charge in [-0.1, -0.05) is 24.3 Å². The Morgan fingerprint density at radius 2 is 2.10 bits per heavy atom. The van der Waals surface area contributed by atoms with Gasteiger partial charge < -0.3 is 5.32 Å². The minimum absolute atomic E-state index is 0.121. The average molecular weight is 283 g/mol. The van der Waals surface area contributed by atoms with Gasteiger partial charge in [-0.3, -0.25) is 19.5 Å². The van der Waals surface area contributed by atoms with Gasteiger partial charge in [0.25, 0.3) is 0 Å². The molecule has 1 fully saturated rings. The first kappa shape index (κ1) is 13.7. The second-order valence-electron chi connectivity index (χ2n) is 5.24. The highest BCUT2D eigenvalue weighted by Crippen LogP contribution is 2.16. The number of hydrogen-bond donors (Lipinski definition) is 1. The van der Waals surface area contributed by atoms with Gasteiger partial charge in [0.05, 0.1) is 18.0 Å². The van der Waals surface area contributed by atoms with Crippen LogP contribution in [0.15, 0.2) is 36.5 Å². The Bertz CT molecular complexity index is 693. The van der Waals surface area contributed by atoms with E-state index in [2.05, 4.69) is 10.3 Å². The smallest absolute Gasteiger partial charge is 0.246 e. The topological polar surface area (TPSA) is 62.3 Å². The van der Waals surface area contributed by atoms with Crippen LogP contribution in [0.4, 0.5) is 0 Å². The number of carbonyl (C=O) groups excluding carboxylic acids is 2. The molecule has 2 heterocycles. The summed E-state index contributed by atoms with van der Waals surface area (Å²) in [6, 6.07) is 9.66. The summed E-state index contributed by atoms with van der Waals surface area (Å²) in [7, 11) is 1.53. The molecule has 21 heavy (non-hydrogen) atoms. The van der Waals surface area contributed by atoms with Crippen LogP contribution in [0.25, 0.3) is 10.9 Å². The molecule has 2 amide bonds. The van der Waals surface area contributed by atoms with Crippen molar-refractivity contribution in [3.8, 4) is 0 Å². The van der Waals surface area contributed by atoms with Crippen molar-refractivity contribution in [2.45, 2.75) is 18.9 Å². The summed E-state index contributed by atoms with van der Waals surface area (Å²) in [6.07, 6.45) is 2.81. The van der Waals surface area contributed by atoms with Crippen molar-refractivity contribution < 1.29 is 9.59 Å². The van der Waals surface area contributed by atoms with E-state index in [0.29, 0.717) is 6.54 Å². The van der Waals surface area contributed by atoms with E-state index in [0.717, 1.165) is 22.9 Å². The lowest BCUT2D eigenvalue weighted by atomic mass is 10.1. The molecule has 1 aliphatic heterocycles. The van der Waals surface area contributed by atoms with E-state index in [4.69, 9.17) is 0 Å². The van der Waals surface area contributed by atoms with Gasteiger partial charge in [-0.15, -0.1) is 0 Å². The van der Waals surface area contributed by atoms with Gasteiger partial charge in [-0.25, -0.2) is 0 Å². The van der Waals surface area contributed by atoms with Crippen LogP contribution >= 0.6 is 0 Å². The Hall–Kier alpha value is -2.27. The second kappa shape index (κ2) is 5.61. The van der Waals surface area contributed by atoms with Crippen LogP contribution in [0.2, 0.25) is 0 Å². The standard InChI is InChI=1S/C16H17N3O2/c1-19-14(20)10-13(16(19)21)17-9-7-12-5-2-4-11-6-3-8-18-15(11)12/h2-6,8,13,17H,7,9-10H2,1H3. The Morgan fingerprint density at radius 3 is 2.86 bits per heavy atom. The van der Waals surface area contributed by atoms with Crippen molar-refractivity contribution in [2.24, 2.45) is 0 Å². The number of carbonyl (C=O) groups is 2. The number of aromatic nitrogens is 1. The minimum atomic E-state index is -0.384. The quantitative estimate of drug-likeness (QED) is 0.854. The lowest BCUT2D eigenvalue weighted by Crippen LogP contribution is -2.38. The third-order valence-corrected chi connectivity index (χ3v) is 3.88. The number of fused-ring (bicyclic) bond motifs is 1. The maximum atomic E-state index is 11.8. The van der Waals surface area contributed by atoms with Gasteiger partial charge in [0.2, 0.25) is 11.8 Å². The third kappa shape index (κ3) is 2.64. The Balaban J connectivity index is 1.65. The first-order valence-corrected chi connectivity index (χ1v) is 7.03. The lowest BCUT2D eigenvalue weighted by molar-refractivity contribution is -0.137. The van der Waals surface area contributed by atoms with Crippen molar-refractivity contribution in [1.29, 1.82) is 0 Å². The molecule has 1 aromatic heterocycles. The van der Waals surface area contributed by atoms with Crippen molar-refractivity contribution in [2.75, 3.05) is 13.6 Å². The molecule has 1 aromatic carbocycles. The van der Waals surface area contributed by atoms with Gasteiger partial charge in [0.1, 0.15) is 0 Å². The second-order valence-corrected chi connectivity index (χ2v) is 5.24. The summed E-state index contributed by atoms with van der Waals surface area (Å²) in [4.78, 5) is 28.9. The number of rotatable bonds is 4. The van der Waals surface area contributed by atoms with Crippen molar-refractivity contribution in [3.63, 3.8) is 0 Å². The van der Waals surface area contributed by atoms with Crippen LogP contribution in [-0.4, -0.2) is 41.3 Å². The predicted molar refractivity (Wildman–Crippen MR) is 79.6 cm³/mol. The minimum Gasteiger partial charge on any atom is -0.305 e. The maximum absolute atomic E-state index is 11.8.